The molecule has 404 valence electrons. The number of hydrogen-bond acceptors (Lipinski definition) is 5. The van der Waals surface area contributed by atoms with Gasteiger partial charge in [-0.3, -0.25) is 9.59 Å². The minimum absolute atomic E-state index is 0.0934. The van der Waals surface area contributed by atoms with Crippen molar-refractivity contribution in [2.45, 2.75) is 238 Å². The average molecular weight is 992 g/mol. The van der Waals surface area contributed by atoms with Crippen molar-refractivity contribution in [3.63, 3.8) is 0 Å². The summed E-state index contributed by atoms with van der Waals surface area (Å²) < 4.78 is 10.7. The van der Waals surface area contributed by atoms with Crippen LogP contribution < -0.4 is 0 Å². The molecule has 0 aromatic rings. The van der Waals surface area contributed by atoms with E-state index in [9.17, 15) is 14.7 Å². The molecule has 0 saturated carbocycles. The van der Waals surface area contributed by atoms with Gasteiger partial charge in [-0.1, -0.05) is 255 Å². The van der Waals surface area contributed by atoms with Crippen LogP contribution >= 0.6 is 0 Å². The van der Waals surface area contributed by atoms with Crippen molar-refractivity contribution in [3.05, 3.63) is 158 Å². The van der Waals surface area contributed by atoms with Gasteiger partial charge in [0.1, 0.15) is 6.61 Å². The van der Waals surface area contributed by atoms with E-state index < -0.39 is 6.10 Å². The molecule has 0 aromatic heterocycles. The molecule has 1 N–H and O–H groups in total. The van der Waals surface area contributed by atoms with Gasteiger partial charge in [-0.25, -0.2) is 0 Å². The molecule has 5 nitrogen and oxygen atoms in total. The van der Waals surface area contributed by atoms with Crippen LogP contribution in [0.1, 0.15) is 232 Å². The van der Waals surface area contributed by atoms with Crippen LogP contribution in [-0.4, -0.2) is 36.4 Å². The lowest BCUT2D eigenvalue weighted by atomic mass is 10.0. The number of esters is 2. The Balaban J connectivity index is 3.61. The highest BCUT2D eigenvalue weighted by molar-refractivity contribution is 5.70. The van der Waals surface area contributed by atoms with E-state index in [0.29, 0.717) is 19.3 Å². The standard InChI is InChI=1S/C67H106O5/c1-3-5-7-9-11-13-15-17-19-21-23-25-27-29-31-32-33-34-36-37-39-41-43-45-47-49-51-53-55-57-59-61-66(69)71-64-65(63-68)72-67(70)62-60-58-56-54-52-50-48-46-44-42-40-38-35-30-28-26-24-22-20-18-16-14-12-10-8-6-4-2/h5-8,11-14,17-20,23-26,29-31,35,40,42,46,48,52,54,65,68H,3-4,9-10,15-16,21-22,27-28,32-34,36-39,41,43-45,47,49-51,53,55-64H2,1-2H3/b7-5-,8-6-,13-11-,14-12-,19-17-,20-18-,25-23-,26-24-,31-29-,35-30-,42-40-,48-46-,54-52-. The molecule has 0 rings (SSSR count). The van der Waals surface area contributed by atoms with E-state index in [2.05, 4.69) is 172 Å². The third-order valence-electron chi connectivity index (χ3n) is 11.8. The summed E-state index contributed by atoms with van der Waals surface area (Å²) in [5.74, 6) is -0.650. The van der Waals surface area contributed by atoms with Crippen LogP contribution in [0.3, 0.4) is 0 Å². The highest BCUT2D eigenvalue weighted by Crippen LogP contribution is 2.15. The van der Waals surface area contributed by atoms with E-state index in [1.807, 2.05) is 0 Å². The minimum atomic E-state index is -0.808. The number of aliphatic hydroxyl groups is 1. The van der Waals surface area contributed by atoms with Gasteiger partial charge in [0.25, 0.3) is 0 Å². The van der Waals surface area contributed by atoms with Crippen LogP contribution in [0.5, 0.6) is 0 Å². The number of rotatable bonds is 51. The molecule has 0 aliphatic heterocycles. The van der Waals surface area contributed by atoms with Crippen LogP contribution in [0, 0.1) is 0 Å². The second kappa shape index (κ2) is 60.8. The Bertz CT molecular complexity index is 1590. The molecule has 0 bridgehead atoms. The zero-order chi connectivity index (χ0) is 52.0. The zero-order valence-corrected chi connectivity index (χ0v) is 46.1. The monoisotopic (exact) mass is 991 g/mol. The first-order valence-electron chi connectivity index (χ1n) is 29.0. The first-order chi connectivity index (χ1) is 35.6. The number of carbonyl (C=O) groups excluding carboxylic acids is 2. The largest absolute Gasteiger partial charge is 0.462 e. The molecule has 0 fully saturated rings. The summed E-state index contributed by atoms with van der Waals surface area (Å²) in [5.41, 5.74) is 0. The van der Waals surface area contributed by atoms with E-state index in [-0.39, 0.29) is 25.2 Å². The highest BCUT2D eigenvalue weighted by atomic mass is 16.6. The Hall–Kier alpha value is -4.48. The molecule has 1 unspecified atom stereocenters. The molecular formula is C67H106O5. The van der Waals surface area contributed by atoms with Gasteiger partial charge in [-0.05, 0) is 122 Å². The van der Waals surface area contributed by atoms with Crippen molar-refractivity contribution < 1.29 is 24.2 Å². The lowest BCUT2D eigenvalue weighted by molar-refractivity contribution is -0.161. The molecule has 0 saturated heterocycles. The molecule has 0 radical (unpaired) electrons. The highest BCUT2D eigenvalue weighted by Gasteiger charge is 2.16. The molecule has 0 spiro atoms. The molecular weight excluding hydrogens is 885 g/mol. The maximum absolute atomic E-state index is 12.3. The molecule has 0 heterocycles. The maximum atomic E-state index is 12.3. The first kappa shape index (κ1) is 67.5. The topological polar surface area (TPSA) is 72.8 Å². The van der Waals surface area contributed by atoms with Crippen molar-refractivity contribution in [2.75, 3.05) is 13.2 Å². The fourth-order valence-corrected chi connectivity index (χ4v) is 7.54. The summed E-state index contributed by atoms with van der Waals surface area (Å²) >= 11 is 0. The van der Waals surface area contributed by atoms with Gasteiger partial charge < -0.3 is 14.6 Å². The van der Waals surface area contributed by atoms with Gasteiger partial charge in [0.05, 0.1) is 6.61 Å². The second-order valence-corrected chi connectivity index (χ2v) is 18.6. The molecule has 0 aliphatic carbocycles. The summed E-state index contributed by atoms with van der Waals surface area (Å²) in [6.07, 6.45) is 93.6. The zero-order valence-electron chi connectivity index (χ0n) is 46.1. The predicted molar refractivity (Wildman–Crippen MR) is 315 cm³/mol. The van der Waals surface area contributed by atoms with Crippen LogP contribution in [-0.2, 0) is 19.1 Å². The Kier molecular flexibility index (Phi) is 57.0. The Labute approximate surface area is 443 Å². The van der Waals surface area contributed by atoms with Crippen molar-refractivity contribution >= 4 is 11.9 Å². The Morgan fingerprint density at radius 1 is 0.319 bits per heavy atom. The van der Waals surface area contributed by atoms with Crippen molar-refractivity contribution in [1.29, 1.82) is 0 Å². The van der Waals surface area contributed by atoms with Crippen LogP contribution in [0.4, 0.5) is 0 Å². The van der Waals surface area contributed by atoms with E-state index >= 15 is 0 Å². The van der Waals surface area contributed by atoms with Gasteiger partial charge in [-0.15, -0.1) is 0 Å². The summed E-state index contributed by atoms with van der Waals surface area (Å²) in [4.78, 5) is 24.5. The second-order valence-electron chi connectivity index (χ2n) is 18.6. The molecule has 0 aromatic carbocycles. The average Bonchev–Trinajstić information content (AvgIpc) is 3.38. The molecule has 0 amide bonds. The molecule has 72 heavy (non-hydrogen) atoms. The van der Waals surface area contributed by atoms with Gasteiger partial charge in [-0.2, -0.15) is 0 Å². The van der Waals surface area contributed by atoms with Crippen LogP contribution in [0.2, 0.25) is 0 Å². The van der Waals surface area contributed by atoms with Crippen molar-refractivity contribution in [1.82, 2.24) is 0 Å². The Morgan fingerprint density at radius 3 is 0.861 bits per heavy atom. The van der Waals surface area contributed by atoms with E-state index in [1.54, 1.807) is 0 Å². The van der Waals surface area contributed by atoms with E-state index in [1.165, 1.54) is 83.5 Å². The summed E-state index contributed by atoms with van der Waals surface area (Å²) in [5, 5.41) is 9.66. The number of hydrogen-bond donors (Lipinski definition) is 1. The molecule has 1 atom stereocenters. The number of allylic oxidation sites excluding steroid dienone is 26. The van der Waals surface area contributed by atoms with E-state index in [0.717, 1.165) is 116 Å². The summed E-state index contributed by atoms with van der Waals surface area (Å²) in [7, 11) is 0. The van der Waals surface area contributed by atoms with Gasteiger partial charge in [0, 0.05) is 12.8 Å². The predicted octanol–water partition coefficient (Wildman–Crippen LogP) is 20.0. The van der Waals surface area contributed by atoms with Crippen LogP contribution in [0.25, 0.3) is 0 Å². The lowest BCUT2D eigenvalue weighted by Gasteiger charge is -2.15. The van der Waals surface area contributed by atoms with Gasteiger partial charge >= 0.3 is 11.9 Å². The number of carbonyl (C=O) groups is 2. The fourth-order valence-electron chi connectivity index (χ4n) is 7.54. The SMILES string of the molecule is CC/C=C\C/C=C\C/C=C\C/C=C\C/C=C\C/C=C\C/C=C\C/C=C\CCCCC(=O)OC(CO)COC(=O)CCCCCCCCCCCCCCCCC/C=C\C/C=C\C/C=C\C/C=C\C/C=C\CC. The smallest absolute Gasteiger partial charge is 0.306 e. The molecule has 5 heteroatoms. The number of ether oxygens (including phenoxy) is 2. The third kappa shape index (κ3) is 58.1. The summed E-state index contributed by atoms with van der Waals surface area (Å²) in [6.45, 7) is 3.87. The Morgan fingerprint density at radius 2 is 0.556 bits per heavy atom. The number of aliphatic hydroxyl groups excluding tert-OH is 1. The normalized spacial score (nSPS) is 13.4. The summed E-state index contributed by atoms with van der Waals surface area (Å²) in [6, 6.07) is 0. The number of unbranched alkanes of at least 4 members (excludes halogenated alkanes) is 17. The minimum Gasteiger partial charge on any atom is -0.462 e. The fraction of sp³-hybridized carbons (Fsp3) is 0.582. The first-order valence-corrected chi connectivity index (χ1v) is 29.0. The van der Waals surface area contributed by atoms with Gasteiger partial charge in [0.2, 0.25) is 0 Å². The van der Waals surface area contributed by atoms with Crippen molar-refractivity contribution in [3.8, 4) is 0 Å². The van der Waals surface area contributed by atoms with Crippen LogP contribution in [0.15, 0.2) is 158 Å². The van der Waals surface area contributed by atoms with Crippen molar-refractivity contribution in [2.24, 2.45) is 0 Å². The van der Waals surface area contributed by atoms with Gasteiger partial charge in [0.15, 0.2) is 6.10 Å². The lowest BCUT2D eigenvalue weighted by Crippen LogP contribution is -2.28. The molecule has 0 aliphatic rings. The maximum Gasteiger partial charge on any atom is 0.306 e. The van der Waals surface area contributed by atoms with E-state index in [4.69, 9.17) is 9.47 Å². The third-order valence-corrected chi connectivity index (χ3v) is 11.8. The quantitative estimate of drug-likeness (QED) is 0.0373.